The fourth-order valence-corrected chi connectivity index (χ4v) is 4.52. The Kier molecular flexibility index (Phi) is 6.50. The average Bonchev–Trinajstić information content (AvgIpc) is 2.77. The molecule has 0 saturated carbocycles. The summed E-state index contributed by atoms with van der Waals surface area (Å²) in [6.45, 7) is 5.58. The first-order chi connectivity index (χ1) is 15.4. The van der Waals surface area contributed by atoms with Crippen LogP contribution in [0.3, 0.4) is 0 Å². The van der Waals surface area contributed by atoms with Crippen molar-refractivity contribution in [3.05, 3.63) is 53.5 Å². The highest BCUT2D eigenvalue weighted by atomic mass is 16.1. The fraction of sp³-hybridized carbons (Fsp3) is 0.417. The van der Waals surface area contributed by atoms with E-state index >= 15 is 0 Å². The van der Waals surface area contributed by atoms with Crippen LogP contribution >= 0.6 is 0 Å². The van der Waals surface area contributed by atoms with Crippen molar-refractivity contribution in [2.75, 3.05) is 44.4 Å². The summed E-state index contributed by atoms with van der Waals surface area (Å²) in [6.07, 6.45) is 5.38. The molecule has 1 aliphatic heterocycles. The minimum absolute atomic E-state index is 0.121. The van der Waals surface area contributed by atoms with Crippen molar-refractivity contribution in [2.45, 2.75) is 26.3 Å². The van der Waals surface area contributed by atoms with Gasteiger partial charge < -0.3 is 20.9 Å². The highest BCUT2D eigenvalue weighted by molar-refractivity contribution is 5.96. The number of carbonyl (C=O) groups is 1. The Morgan fingerprint density at radius 3 is 2.91 bits per heavy atom. The standard InChI is InChI=1S/C24H31N7O/c1-16-6-4-8-18-12-19(13-28-24(32)21-22(25)27-10-9-26-21)23(29-20(16)18)31(3)15-17-7-5-11-30(2)14-17/h4,6,8-10,12,17H,5,7,11,13-15H2,1-3H3,(H2,25,27)(H,28,32). The van der Waals surface area contributed by atoms with Gasteiger partial charge in [0.05, 0.1) is 5.52 Å². The molecule has 168 valence electrons. The smallest absolute Gasteiger partial charge is 0.273 e. The molecule has 1 fully saturated rings. The summed E-state index contributed by atoms with van der Waals surface area (Å²) in [5, 5.41) is 4.00. The van der Waals surface area contributed by atoms with E-state index in [4.69, 9.17) is 10.7 Å². The molecule has 0 radical (unpaired) electrons. The molecule has 3 N–H and O–H groups in total. The van der Waals surface area contributed by atoms with Gasteiger partial charge in [-0.05, 0) is 50.9 Å². The number of piperidine rings is 1. The molecule has 1 aliphatic rings. The third kappa shape index (κ3) is 4.80. The number of aryl methyl sites for hydroxylation is 1. The van der Waals surface area contributed by atoms with E-state index in [1.807, 2.05) is 6.07 Å². The number of carbonyl (C=O) groups excluding carboxylic acids is 1. The maximum atomic E-state index is 12.7. The number of aromatic nitrogens is 3. The van der Waals surface area contributed by atoms with Gasteiger partial charge in [0.2, 0.25) is 0 Å². The number of nitrogens with zero attached hydrogens (tertiary/aromatic N) is 5. The molecule has 2 aromatic heterocycles. The van der Waals surface area contributed by atoms with Gasteiger partial charge in [0.1, 0.15) is 5.82 Å². The zero-order chi connectivity index (χ0) is 22.7. The minimum atomic E-state index is -0.345. The van der Waals surface area contributed by atoms with Gasteiger partial charge in [0, 0.05) is 50.0 Å². The largest absolute Gasteiger partial charge is 0.382 e. The number of para-hydroxylation sites is 1. The Balaban J connectivity index is 1.61. The highest BCUT2D eigenvalue weighted by Gasteiger charge is 2.21. The van der Waals surface area contributed by atoms with Crippen molar-refractivity contribution in [1.82, 2.24) is 25.2 Å². The van der Waals surface area contributed by atoms with E-state index in [9.17, 15) is 4.79 Å². The molecule has 1 amide bonds. The highest BCUT2D eigenvalue weighted by Crippen LogP contribution is 2.27. The van der Waals surface area contributed by atoms with Gasteiger partial charge in [-0.2, -0.15) is 0 Å². The second-order valence-electron chi connectivity index (χ2n) is 8.74. The zero-order valence-corrected chi connectivity index (χ0v) is 19.0. The summed E-state index contributed by atoms with van der Waals surface area (Å²) in [6, 6.07) is 8.28. The van der Waals surface area contributed by atoms with Gasteiger partial charge in [-0.15, -0.1) is 0 Å². The lowest BCUT2D eigenvalue weighted by atomic mass is 9.98. The van der Waals surface area contributed by atoms with Crippen LogP contribution in [0, 0.1) is 12.8 Å². The Bertz CT molecular complexity index is 1120. The lowest BCUT2D eigenvalue weighted by Crippen LogP contribution is -2.38. The molecule has 8 heteroatoms. The number of likely N-dealkylation sites (tertiary alicyclic amines) is 1. The number of fused-ring (bicyclic) bond motifs is 1. The van der Waals surface area contributed by atoms with Crippen LogP contribution in [0.5, 0.6) is 0 Å². The number of hydrogen-bond acceptors (Lipinski definition) is 7. The summed E-state index contributed by atoms with van der Waals surface area (Å²) in [4.78, 5) is 30.3. The molecule has 0 aliphatic carbocycles. The second-order valence-corrected chi connectivity index (χ2v) is 8.74. The molecule has 1 saturated heterocycles. The van der Waals surface area contributed by atoms with Crippen molar-refractivity contribution in [3.8, 4) is 0 Å². The number of amides is 1. The van der Waals surface area contributed by atoms with E-state index < -0.39 is 0 Å². The molecule has 3 aromatic rings. The number of anilines is 2. The number of hydrogen-bond donors (Lipinski definition) is 2. The molecule has 1 unspecified atom stereocenters. The van der Waals surface area contributed by atoms with Crippen molar-refractivity contribution < 1.29 is 4.79 Å². The van der Waals surface area contributed by atoms with Crippen molar-refractivity contribution in [2.24, 2.45) is 5.92 Å². The molecule has 1 atom stereocenters. The van der Waals surface area contributed by atoms with Crippen LogP contribution in [-0.2, 0) is 6.54 Å². The van der Waals surface area contributed by atoms with Gasteiger partial charge >= 0.3 is 0 Å². The number of pyridine rings is 1. The summed E-state index contributed by atoms with van der Waals surface area (Å²) in [5.41, 5.74) is 9.04. The fourth-order valence-electron chi connectivity index (χ4n) is 4.52. The first-order valence-electron chi connectivity index (χ1n) is 11.1. The normalized spacial score (nSPS) is 16.8. The lowest BCUT2D eigenvalue weighted by Gasteiger charge is -2.33. The molecular weight excluding hydrogens is 402 g/mol. The van der Waals surface area contributed by atoms with Crippen LogP contribution in [0.1, 0.15) is 34.5 Å². The average molecular weight is 434 g/mol. The second kappa shape index (κ2) is 9.48. The van der Waals surface area contributed by atoms with Gasteiger partial charge in [-0.25, -0.2) is 15.0 Å². The number of benzene rings is 1. The van der Waals surface area contributed by atoms with Crippen molar-refractivity contribution in [1.29, 1.82) is 0 Å². The maximum Gasteiger partial charge on any atom is 0.273 e. The van der Waals surface area contributed by atoms with E-state index in [-0.39, 0.29) is 17.4 Å². The van der Waals surface area contributed by atoms with Gasteiger partial charge in [-0.1, -0.05) is 18.2 Å². The van der Waals surface area contributed by atoms with E-state index in [0.29, 0.717) is 12.5 Å². The van der Waals surface area contributed by atoms with Crippen molar-refractivity contribution >= 4 is 28.4 Å². The third-order valence-electron chi connectivity index (χ3n) is 6.10. The molecule has 8 nitrogen and oxygen atoms in total. The molecule has 0 bridgehead atoms. The Morgan fingerprint density at radius 2 is 2.12 bits per heavy atom. The molecule has 3 heterocycles. The van der Waals surface area contributed by atoms with E-state index in [1.165, 1.54) is 25.2 Å². The van der Waals surface area contributed by atoms with Crippen LogP contribution in [0.15, 0.2) is 36.7 Å². The van der Waals surface area contributed by atoms with Crippen LogP contribution in [0.4, 0.5) is 11.6 Å². The Hall–Kier alpha value is -3.26. The SMILES string of the molecule is Cc1cccc2cc(CNC(=O)c3nccnc3N)c(N(C)CC3CCCN(C)C3)nc12. The van der Waals surface area contributed by atoms with Crippen LogP contribution in [0.2, 0.25) is 0 Å². The number of nitrogens with one attached hydrogen (secondary N) is 1. The zero-order valence-electron chi connectivity index (χ0n) is 19.0. The Labute approximate surface area is 188 Å². The molecular formula is C24H31N7O. The van der Waals surface area contributed by atoms with Gasteiger partial charge in [0.15, 0.2) is 11.5 Å². The van der Waals surface area contributed by atoms with Crippen molar-refractivity contribution in [3.63, 3.8) is 0 Å². The van der Waals surface area contributed by atoms with E-state index in [0.717, 1.165) is 47.5 Å². The predicted molar refractivity (Wildman–Crippen MR) is 128 cm³/mol. The summed E-state index contributed by atoms with van der Waals surface area (Å²) < 4.78 is 0. The van der Waals surface area contributed by atoms with E-state index in [1.54, 1.807) is 0 Å². The predicted octanol–water partition coefficient (Wildman–Crippen LogP) is 2.62. The Morgan fingerprint density at radius 1 is 1.31 bits per heavy atom. The summed E-state index contributed by atoms with van der Waals surface area (Å²) in [7, 11) is 4.27. The lowest BCUT2D eigenvalue weighted by molar-refractivity contribution is 0.0946. The molecule has 4 rings (SSSR count). The minimum Gasteiger partial charge on any atom is -0.382 e. The number of nitrogens with two attached hydrogens (primary N) is 1. The number of nitrogen functional groups attached to an aromatic ring is 1. The molecule has 32 heavy (non-hydrogen) atoms. The van der Waals surface area contributed by atoms with E-state index in [2.05, 4.69) is 64.3 Å². The van der Waals surface area contributed by atoms with Gasteiger partial charge in [-0.3, -0.25) is 4.79 Å². The van der Waals surface area contributed by atoms with Crippen LogP contribution < -0.4 is 16.0 Å². The summed E-state index contributed by atoms with van der Waals surface area (Å²) in [5.74, 6) is 1.26. The maximum absolute atomic E-state index is 12.7. The van der Waals surface area contributed by atoms with Gasteiger partial charge in [0.25, 0.3) is 5.91 Å². The number of rotatable bonds is 6. The van der Waals surface area contributed by atoms with Crippen LogP contribution in [-0.4, -0.2) is 59.5 Å². The quantitative estimate of drug-likeness (QED) is 0.616. The van der Waals surface area contributed by atoms with Crippen LogP contribution in [0.25, 0.3) is 10.9 Å². The third-order valence-corrected chi connectivity index (χ3v) is 6.10. The monoisotopic (exact) mass is 433 g/mol. The first-order valence-corrected chi connectivity index (χ1v) is 11.1. The first kappa shape index (κ1) is 22.0. The topological polar surface area (TPSA) is 100 Å². The summed E-state index contributed by atoms with van der Waals surface area (Å²) >= 11 is 0. The molecule has 0 spiro atoms. The molecule has 1 aromatic carbocycles.